The van der Waals surface area contributed by atoms with Gasteiger partial charge in [-0.15, -0.1) is 0 Å². The first-order valence-electron chi connectivity index (χ1n) is 5.08. The number of nitrogens with one attached hydrogen (secondary N) is 1. The van der Waals surface area contributed by atoms with Crippen LogP contribution in [0.25, 0.3) is 0 Å². The molecule has 0 spiro atoms. The number of rotatable bonds is 3. The van der Waals surface area contributed by atoms with Crippen molar-refractivity contribution in [2.45, 2.75) is 0 Å². The Bertz CT molecular complexity index is 466. The largest absolute Gasteiger partial charge is 0.395 e. The number of aliphatic hydroxyl groups is 1. The standard InChI is InChI=1S/C11H12F2N2O3/c1-15(4-5-16)11(18)10(17)14-9-6-7(12)2-3-8(9)13/h2-3,6,16H,4-5H2,1H3,(H,14,17). The Morgan fingerprint density at radius 1 is 1.39 bits per heavy atom. The van der Waals surface area contributed by atoms with Gasteiger partial charge in [0.25, 0.3) is 0 Å². The molecule has 0 unspecified atom stereocenters. The Hall–Kier alpha value is -2.02. The molecule has 0 aliphatic heterocycles. The first-order chi connectivity index (χ1) is 8.45. The minimum absolute atomic E-state index is 0.0299. The van der Waals surface area contributed by atoms with Crippen LogP contribution in [0.4, 0.5) is 14.5 Å². The van der Waals surface area contributed by atoms with Crippen LogP contribution in [0.3, 0.4) is 0 Å². The van der Waals surface area contributed by atoms with Crippen molar-refractivity contribution in [2.24, 2.45) is 0 Å². The summed E-state index contributed by atoms with van der Waals surface area (Å²) in [6, 6.07) is 2.50. The molecule has 2 amide bonds. The van der Waals surface area contributed by atoms with E-state index >= 15 is 0 Å². The van der Waals surface area contributed by atoms with Gasteiger partial charge in [-0.2, -0.15) is 0 Å². The number of likely N-dealkylation sites (N-methyl/N-ethyl adjacent to an activating group) is 1. The normalized spacial score (nSPS) is 10.0. The van der Waals surface area contributed by atoms with Gasteiger partial charge in [0.05, 0.1) is 12.3 Å². The molecule has 1 aromatic carbocycles. The van der Waals surface area contributed by atoms with Crippen LogP contribution in [0.5, 0.6) is 0 Å². The lowest BCUT2D eigenvalue weighted by Crippen LogP contribution is -2.38. The molecular formula is C11H12F2N2O3. The van der Waals surface area contributed by atoms with E-state index in [-0.39, 0.29) is 13.2 Å². The average Bonchev–Trinajstić information content (AvgIpc) is 2.33. The fourth-order valence-corrected chi connectivity index (χ4v) is 1.19. The fraction of sp³-hybridized carbons (Fsp3) is 0.273. The maximum Gasteiger partial charge on any atom is 0.313 e. The number of amides is 2. The van der Waals surface area contributed by atoms with Crippen molar-refractivity contribution < 1.29 is 23.5 Å². The molecule has 0 aliphatic carbocycles. The summed E-state index contributed by atoms with van der Waals surface area (Å²) < 4.78 is 26.0. The summed E-state index contributed by atoms with van der Waals surface area (Å²) in [5.74, 6) is -3.63. The smallest absolute Gasteiger partial charge is 0.313 e. The zero-order chi connectivity index (χ0) is 13.7. The average molecular weight is 258 g/mol. The van der Waals surface area contributed by atoms with Crippen LogP contribution in [0.1, 0.15) is 0 Å². The van der Waals surface area contributed by atoms with Crippen molar-refractivity contribution in [1.29, 1.82) is 0 Å². The maximum absolute atomic E-state index is 13.2. The molecule has 1 rings (SSSR count). The summed E-state index contributed by atoms with van der Waals surface area (Å²) in [7, 11) is 1.31. The van der Waals surface area contributed by atoms with Crippen molar-refractivity contribution in [2.75, 3.05) is 25.5 Å². The fourth-order valence-electron chi connectivity index (χ4n) is 1.19. The third-order valence-electron chi connectivity index (χ3n) is 2.15. The van der Waals surface area contributed by atoms with Gasteiger partial charge in [0.1, 0.15) is 11.6 Å². The molecule has 0 saturated carbocycles. The molecule has 98 valence electrons. The van der Waals surface area contributed by atoms with E-state index < -0.39 is 29.1 Å². The van der Waals surface area contributed by atoms with E-state index in [9.17, 15) is 18.4 Å². The van der Waals surface area contributed by atoms with Gasteiger partial charge in [-0.1, -0.05) is 0 Å². The van der Waals surface area contributed by atoms with Crippen LogP contribution in [0.15, 0.2) is 18.2 Å². The molecule has 18 heavy (non-hydrogen) atoms. The molecule has 1 aromatic rings. The summed E-state index contributed by atoms with van der Waals surface area (Å²) in [6.45, 7) is -0.332. The predicted molar refractivity (Wildman–Crippen MR) is 59.7 cm³/mol. The summed E-state index contributed by atoms with van der Waals surface area (Å²) in [6.07, 6.45) is 0. The molecule has 0 aliphatic rings. The molecule has 0 heterocycles. The Balaban J connectivity index is 2.75. The minimum Gasteiger partial charge on any atom is -0.395 e. The highest BCUT2D eigenvalue weighted by Gasteiger charge is 2.19. The highest BCUT2D eigenvalue weighted by Crippen LogP contribution is 2.15. The van der Waals surface area contributed by atoms with E-state index in [1.165, 1.54) is 7.05 Å². The summed E-state index contributed by atoms with van der Waals surface area (Å²) in [5.41, 5.74) is -0.411. The van der Waals surface area contributed by atoms with E-state index in [1.807, 2.05) is 5.32 Å². The van der Waals surface area contributed by atoms with E-state index in [2.05, 4.69) is 0 Å². The van der Waals surface area contributed by atoms with Gasteiger partial charge in [0.2, 0.25) is 0 Å². The summed E-state index contributed by atoms with van der Waals surface area (Å²) >= 11 is 0. The zero-order valence-electron chi connectivity index (χ0n) is 9.61. The van der Waals surface area contributed by atoms with E-state index in [4.69, 9.17) is 5.11 Å². The SMILES string of the molecule is CN(CCO)C(=O)C(=O)Nc1cc(F)ccc1F. The lowest BCUT2D eigenvalue weighted by molar-refractivity contribution is -0.142. The van der Waals surface area contributed by atoms with E-state index in [1.54, 1.807) is 0 Å². The second kappa shape index (κ2) is 6.06. The molecule has 0 bridgehead atoms. The van der Waals surface area contributed by atoms with Gasteiger partial charge < -0.3 is 15.3 Å². The van der Waals surface area contributed by atoms with E-state index in [0.29, 0.717) is 0 Å². The molecule has 0 radical (unpaired) electrons. The number of hydrogen-bond donors (Lipinski definition) is 2. The number of carbonyl (C=O) groups is 2. The molecule has 0 aromatic heterocycles. The second-order valence-electron chi connectivity index (χ2n) is 3.53. The van der Waals surface area contributed by atoms with Crippen LogP contribution < -0.4 is 5.32 Å². The summed E-state index contributed by atoms with van der Waals surface area (Å²) in [4.78, 5) is 23.8. The molecule has 0 fully saturated rings. The third-order valence-corrected chi connectivity index (χ3v) is 2.15. The number of carbonyl (C=O) groups excluding carboxylic acids is 2. The Kier molecular flexibility index (Phi) is 4.73. The van der Waals surface area contributed by atoms with E-state index in [0.717, 1.165) is 23.1 Å². The van der Waals surface area contributed by atoms with Crippen molar-refractivity contribution in [3.05, 3.63) is 29.8 Å². The number of halogens is 2. The first-order valence-corrected chi connectivity index (χ1v) is 5.08. The number of nitrogens with zero attached hydrogens (tertiary/aromatic N) is 1. The molecular weight excluding hydrogens is 246 g/mol. The van der Waals surface area contributed by atoms with Gasteiger partial charge in [-0.05, 0) is 12.1 Å². The van der Waals surface area contributed by atoms with Crippen molar-refractivity contribution in [3.63, 3.8) is 0 Å². The number of aliphatic hydroxyl groups excluding tert-OH is 1. The van der Waals surface area contributed by atoms with Crippen molar-refractivity contribution >= 4 is 17.5 Å². The van der Waals surface area contributed by atoms with Crippen molar-refractivity contribution in [1.82, 2.24) is 4.90 Å². The molecule has 2 N–H and O–H groups in total. The van der Waals surface area contributed by atoms with Gasteiger partial charge in [-0.25, -0.2) is 8.78 Å². The number of anilines is 1. The first kappa shape index (κ1) is 14.0. The lowest BCUT2D eigenvalue weighted by atomic mass is 10.3. The third kappa shape index (κ3) is 3.49. The monoisotopic (exact) mass is 258 g/mol. The van der Waals surface area contributed by atoms with Gasteiger partial charge in [0.15, 0.2) is 0 Å². The maximum atomic E-state index is 13.2. The number of hydrogen-bond acceptors (Lipinski definition) is 3. The lowest BCUT2D eigenvalue weighted by Gasteiger charge is -2.15. The van der Waals surface area contributed by atoms with Crippen molar-refractivity contribution in [3.8, 4) is 0 Å². The Morgan fingerprint density at radius 2 is 2.06 bits per heavy atom. The summed E-state index contributed by atoms with van der Waals surface area (Å²) in [5, 5.41) is 10.6. The van der Waals surface area contributed by atoms with Gasteiger partial charge >= 0.3 is 11.8 Å². The highest BCUT2D eigenvalue weighted by molar-refractivity contribution is 6.39. The van der Waals surface area contributed by atoms with Crippen LogP contribution in [-0.4, -0.2) is 42.0 Å². The molecule has 5 nitrogen and oxygen atoms in total. The predicted octanol–water partition coefficient (Wildman–Crippen LogP) is 0.354. The zero-order valence-corrected chi connectivity index (χ0v) is 9.61. The highest BCUT2D eigenvalue weighted by atomic mass is 19.1. The molecule has 0 atom stereocenters. The minimum atomic E-state index is -1.10. The quantitative estimate of drug-likeness (QED) is 0.769. The van der Waals surface area contributed by atoms with Gasteiger partial charge in [0, 0.05) is 19.7 Å². The second-order valence-corrected chi connectivity index (χ2v) is 3.53. The van der Waals surface area contributed by atoms with Crippen LogP contribution >= 0.6 is 0 Å². The molecule has 7 heteroatoms. The van der Waals surface area contributed by atoms with Gasteiger partial charge in [-0.3, -0.25) is 9.59 Å². The Morgan fingerprint density at radius 3 is 2.67 bits per heavy atom. The topological polar surface area (TPSA) is 69.6 Å². The Labute approximate surface area is 102 Å². The van der Waals surface area contributed by atoms with Crippen LogP contribution in [-0.2, 0) is 9.59 Å². The van der Waals surface area contributed by atoms with Crippen LogP contribution in [0.2, 0.25) is 0 Å². The molecule has 0 saturated heterocycles. The number of benzene rings is 1. The van der Waals surface area contributed by atoms with Crippen LogP contribution in [0, 0.1) is 11.6 Å².